The van der Waals surface area contributed by atoms with Gasteiger partial charge in [-0.25, -0.2) is 4.79 Å². The highest BCUT2D eigenvalue weighted by molar-refractivity contribution is 6.05. The highest BCUT2D eigenvalue weighted by Crippen LogP contribution is 2.22. The highest BCUT2D eigenvalue weighted by atomic mass is 16.2. The van der Waals surface area contributed by atoms with Crippen molar-refractivity contribution in [3.8, 4) is 0 Å². The smallest absolute Gasteiger partial charge is 0.320 e. The van der Waals surface area contributed by atoms with Crippen LogP contribution in [0.25, 0.3) is 0 Å². The van der Waals surface area contributed by atoms with Crippen LogP contribution in [-0.4, -0.2) is 23.2 Å². The summed E-state index contributed by atoms with van der Waals surface area (Å²) < 4.78 is 0. The van der Waals surface area contributed by atoms with Crippen LogP contribution in [0.4, 0.5) is 4.79 Å². The van der Waals surface area contributed by atoms with E-state index in [1.54, 1.807) is 0 Å². The van der Waals surface area contributed by atoms with Crippen LogP contribution >= 0.6 is 0 Å². The number of urea groups is 1. The van der Waals surface area contributed by atoms with Crippen LogP contribution in [0.15, 0.2) is 53.6 Å². The number of nitrogens with zero attached hydrogens (tertiary/aromatic N) is 2. The molecule has 0 aromatic heterocycles. The summed E-state index contributed by atoms with van der Waals surface area (Å²) in [6.45, 7) is 4.16. The van der Waals surface area contributed by atoms with E-state index in [1.807, 2.05) is 48.5 Å². The quantitative estimate of drug-likeness (QED) is 0.672. The van der Waals surface area contributed by atoms with E-state index in [1.165, 1.54) is 17.3 Å². The van der Waals surface area contributed by atoms with E-state index in [0.29, 0.717) is 0 Å². The van der Waals surface area contributed by atoms with E-state index in [0.717, 1.165) is 29.0 Å². The SMILES string of the molecule is CCc1ccc(C=NN2C(=O)NC(c3ccc(CC)cc3)C2=O)cc1. The summed E-state index contributed by atoms with van der Waals surface area (Å²) >= 11 is 0. The largest absolute Gasteiger partial charge is 0.346 e. The van der Waals surface area contributed by atoms with Crippen LogP contribution in [0.5, 0.6) is 0 Å². The summed E-state index contributed by atoms with van der Waals surface area (Å²) in [5.41, 5.74) is 4.02. The van der Waals surface area contributed by atoms with Crippen molar-refractivity contribution < 1.29 is 9.59 Å². The maximum absolute atomic E-state index is 12.5. The molecule has 0 aliphatic carbocycles. The number of amides is 3. The summed E-state index contributed by atoms with van der Waals surface area (Å²) in [6, 6.07) is 14.3. The third-order valence-electron chi connectivity index (χ3n) is 4.35. The van der Waals surface area contributed by atoms with Crippen molar-refractivity contribution >= 4 is 18.2 Å². The number of hydrogen-bond acceptors (Lipinski definition) is 3. The maximum atomic E-state index is 12.5. The fourth-order valence-electron chi connectivity index (χ4n) is 2.71. The summed E-state index contributed by atoms with van der Waals surface area (Å²) in [4.78, 5) is 24.6. The molecule has 1 fully saturated rings. The monoisotopic (exact) mass is 335 g/mol. The zero-order valence-electron chi connectivity index (χ0n) is 14.4. The van der Waals surface area contributed by atoms with Gasteiger partial charge < -0.3 is 5.32 Å². The van der Waals surface area contributed by atoms with Gasteiger partial charge in [0.25, 0.3) is 5.91 Å². The topological polar surface area (TPSA) is 61.8 Å². The molecule has 1 saturated heterocycles. The lowest BCUT2D eigenvalue weighted by atomic mass is 10.0. The molecule has 1 aliphatic heterocycles. The average molecular weight is 335 g/mol. The van der Waals surface area contributed by atoms with Crippen molar-refractivity contribution in [2.75, 3.05) is 0 Å². The molecule has 1 N–H and O–H groups in total. The molecule has 0 radical (unpaired) electrons. The van der Waals surface area contributed by atoms with E-state index in [9.17, 15) is 9.59 Å². The van der Waals surface area contributed by atoms with Crippen LogP contribution in [-0.2, 0) is 17.6 Å². The molecule has 25 heavy (non-hydrogen) atoms. The van der Waals surface area contributed by atoms with Gasteiger partial charge in [-0.05, 0) is 35.1 Å². The van der Waals surface area contributed by atoms with Crippen molar-refractivity contribution in [2.45, 2.75) is 32.7 Å². The standard InChI is InChI=1S/C20H21N3O2/c1-3-14-5-7-16(8-6-14)13-21-23-19(24)18(22-20(23)25)17-11-9-15(4-2)10-12-17/h5-13,18H,3-4H2,1-2H3,(H,22,25). The van der Waals surface area contributed by atoms with Crippen LogP contribution in [0.2, 0.25) is 0 Å². The average Bonchev–Trinajstić information content (AvgIpc) is 2.94. The maximum Gasteiger partial charge on any atom is 0.346 e. The fraction of sp³-hybridized carbons (Fsp3) is 0.250. The minimum Gasteiger partial charge on any atom is -0.320 e. The number of aryl methyl sites for hydroxylation is 2. The second kappa shape index (κ2) is 7.30. The van der Waals surface area contributed by atoms with Gasteiger partial charge in [0.15, 0.2) is 0 Å². The van der Waals surface area contributed by atoms with Crippen LogP contribution < -0.4 is 5.32 Å². The second-order valence-corrected chi connectivity index (χ2v) is 5.97. The highest BCUT2D eigenvalue weighted by Gasteiger charge is 2.39. The Morgan fingerprint density at radius 3 is 2.08 bits per heavy atom. The lowest BCUT2D eigenvalue weighted by molar-refractivity contribution is -0.127. The van der Waals surface area contributed by atoms with Crippen LogP contribution in [0.1, 0.15) is 42.1 Å². The fourth-order valence-corrected chi connectivity index (χ4v) is 2.71. The summed E-state index contributed by atoms with van der Waals surface area (Å²) in [5.74, 6) is -0.365. The first-order chi connectivity index (χ1) is 12.1. The first-order valence-corrected chi connectivity index (χ1v) is 8.48. The third-order valence-corrected chi connectivity index (χ3v) is 4.35. The Morgan fingerprint density at radius 2 is 1.52 bits per heavy atom. The van der Waals surface area contributed by atoms with Gasteiger partial charge in [0.2, 0.25) is 0 Å². The number of carbonyl (C=O) groups is 2. The Kier molecular flexibility index (Phi) is 4.93. The van der Waals surface area contributed by atoms with Gasteiger partial charge in [0, 0.05) is 0 Å². The van der Waals surface area contributed by atoms with E-state index in [-0.39, 0.29) is 5.91 Å². The first-order valence-electron chi connectivity index (χ1n) is 8.48. The zero-order valence-corrected chi connectivity index (χ0v) is 14.4. The predicted octanol–water partition coefficient (Wildman–Crippen LogP) is 3.44. The summed E-state index contributed by atoms with van der Waals surface area (Å²) in [5, 5.41) is 7.65. The minimum absolute atomic E-state index is 0.365. The van der Waals surface area contributed by atoms with E-state index >= 15 is 0 Å². The van der Waals surface area contributed by atoms with E-state index < -0.39 is 12.1 Å². The number of imide groups is 1. The minimum atomic E-state index is -0.682. The van der Waals surface area contributed by atoms with E-state index in [4.69, 9.17) is 0 Å². The number of nitrogens with one attached hydrogen (secondary N) is 1. The van der Waals surface area contributed by atoms with Crippen LogP contribution in [0, 0.1) is 0 Å². The molecule has 1 atom stereocenters. The lowest BCUT2D eigenvalue weighted by Crippen LogP contribution is -2.25. The Bertz CT molecular complexity index is 795. The number of carbonyl (C=O) groups excluding carboxylic acids is 2. The molecule has 0 bridgehead atoms. The molecule has 3 amide bonds. The molecule has 128 valence electrons. The number of hydrazone groups is 1. The molecule has 1 heterocycles. The van der Waals surface area contributed by atoms with Crippen molar-refractivity contribution in [1.82, 2.24) is 10.3 Å². The molecule has 1 aliphatic rings. The molecular weight excluding hydrogens is 314 g/mol. The Hall–Kier alpha value is -2.95. The normalized spacial score (nSPS) is 17.4. The van der Waals surface area contributed by atoms with E-state index in [2.05, 4.69) is 24.3 Å². The Balaban J connectivity index is 1.74. The predicted molar refractivity (Wildman–Crippen MR) is 97.4 cm³/mol. The molecule has 1 unspecified atom stereocenters. The lowest BCUT2D eigenvalue weighted by Gasteiger charge is -2.08. The van der Waals surface area contributed by atoms with Crippen molar-refractivity contribution in [3.63, 3.8) is 0 Å². The van der Waals surface area contributed by atoms with Crippen molar-refractivity contribution in [2.24, 2.45) is 5.10 Å². The molecule has 0 saturated carbocycles. The van der Waals surface area contributed by atoms with Gasteiger partial charge in [-0.2, -0.15) is 5.10 Å². The summed E-state index contributed by atoms with van der Waals surface area (Å²) in [7, 11) is 0. The number of benzene rings is 2. The Morgan fingerprint density at radius 1 is 0.960 bits per heavy atom. The zero-order chi connectivity index (χ0) is 17.8. The first kappa shape index (κ1) is 16.9. The summed E-state index contributed by atoms with van der Waals surface area (Å²) in [6.07, 6.45) is 3.42. The third kappa shape index (κ3) is 3.60. The second-order valence-electron chi connectivity index (χ2n) is 5.97. The molecular formula is C20H21N3O2. The van der Waals surface area contributed by atoms with Crippen molar-refractivity contribution in [3.05, 3.63) is 70.8 Å². The molecule has 3 rings (SSSR count). The van der Waals surface area contributed by atoms with Crippen LogP contribution in [0.3, 0.4) is 0 Å². The van der Waals surface area contributed by atoms with Gasteiger partial charge in [-0.3, -0.25) is 4.79 Å². The molecule has 5 heteroatoms. The molecule has 2 aromatic carbocycles. The molecule has 5 nitrogen and oxygen atoms in total. The van der Waals surface area contributed by atoms with Gasteiger partial charge in [0.1, 0.15) is 6.04 Å². The van der Waals surface area contributed by atoms with Crippen molar-refractivity contribution in [1.29, 1.82) is 0 Å². The molecule has 0 spiro atoms. The van der Waals surface area contributed by atoms with Gasteiger partial charge in [-0.15, -0.1) is 5.01 Å². The Labute approximate surface area is 147 Å². The number of rotatable bonds is 5. The number of hydrogen-bond donors (Lipinski definition) is 1. The van der Waals surface area contributed by atoms with Gasteiger partial charge in [0.05, 0.1) is 6.21 Å². The van der Waals surface area contributed by atoms with Gasteiger partial charge in [-0.1, -0.05) is 62.4 Å². The van der Waals surface area contributed by atoms with Gasteiger partial charge >= 0.3 is 6.03 Å². The molecule has 2 aromatic rings.